The molecule has 0 fully saturated rings. The van der Waals surface area contributed by atoms with Crippen molar-refractivity contribution < 1.29 is 17.9 Å². The van der Waals surface area contributed by atoms with E-state index in [0.29, 0.717) is 17.0 Å². The van der Waals surface area contributed by atoms with Gasteiger partial charge in [-0.3, -0.25) is 9.72 Å². The molecule has 10 nitrogen and oxygen atoms in total. The summed E-state index contributed by atoms with van der Waals surface area (Å²) in [5, 5.41) is 1.66. The smallest absolute Gasteiger partial charge is 0.335 e. The number of hydrogen-bond acceptors (Lipinski definition) is 7. The fourth-order valence-electron chi connectivity index (χ4n) is 2.42. The number of rotatable bonds is 4. The Labute approximate surface area is 159 Å². The Morgan fingerprint density at radius 3 is 2.67 bits per heavy atom. The number of pyridine rings is 1. The monoisotopic (exact) mass is 410 g/mol. The predicted octanol–water partition coefficient (Wildman–Crippen LogP) is 1.91. The molecule has 2 N–H and O–H groups in total. The fraction of sp³-hybridized carbons (Fsp3) is 0.200. The average Bonchev–Trinajstić information content (AvgIpc) is 2.91. The van der Waals surface area contributed by atoms with Crippen LogP contribution in [0.15, 0.2) is 29.3 Å². The quantitative estimate of drug-likeness (QED) is 0.672. The summed E-state index contributed by atoms with van der Waals surface area (Å²) < 4.78 is 33.6. The molecule has 3 rings (SSSR count). The standard InChI is InChI=1S/C15H15ClN6O4S/c1-8-7-11(26-3)19-14(17-8)20-15(23)21-27(24,25)13-12(16)18-10-6-4-5-9(2)22(10)13/h4-7H,1-3H3,(H2,17,19,20,21,23). The molecular formula is C15H15ClN6O4S. The lowest BCUT2D eigenvalue weighted by Crippen LogP contribution is -2.35. The SMILES string of the molecule is COc1cc(C)nc(NC(=O)NS(=O)(=O)c2c(Cl)nc3cccc(C)n23)n1. The first-order valence-electron chi connectivity index (χ1n) is 7.58. The van der Waals surface area contributed by atoms with Gasteiger partial charge in [0.25, 0.3) is 10.0 Å². The minimum absolute atomic E-state index is 0.111. The molecule has 0 spiro atoms. The van der Waals surface area contributed by atoms with Crippen LogP contribution in [0.1, 0.15) is 11.4 Å². The molecular weight excluding hydrogens is 396 g/mol. The molecule has 0 bridgehead atoms. The number of ether oxygens (including phenoxy) is 1. The zero-order chi connectivity index (χ0) is 19.8. The van der Waals surface area contributed by atoms with Crippen molar-refractivity contribution in [3.63, 3.8) is 0 Å². The zero-order valence-electron chi connectivity index (χ0n) is 14.5. The summed E-state index contributed by atoms with van der Waals surface area (Å²) in [5.74, 6) is 0.112. The van der Waals surface area contributed by atoms with Gasteiger partial charge >= 0.3 is 6.03 Å². The van der Waals surface area contributed by atoms with Crippen LogP contribution in [0.4, 0.5) is 10.7 Å². The van der Waals surface area contributed by atoms with Crippen molar-refractivity contribution in [1.29, 1.82) is 0 Å². The first kappa shape index (κ1) is 18.9. The van der Waals surface area contributed by atoms with Crippen LogP contribution < -0.4 is 14.8 Å². The lowest BCUT2D eigenvalue weighted by atomic mass is 10.4. The van der Waals surface area contributed by atoms with Crippen molar-refractivity contribution in [2.24, 2.45) is 0 Å². The molecule has 0 aromatic carbocycles. The third-order valence-corrected chi connectivity index (χ3v) is 5.22. The van der Waals surface area contributed by atoms with Crippen molar-refractivity contribution in [2.45, 2.75) is 18.9 Å². The fourth-order valence-corrected chi connectivity index (χ4v) is 4.04. The van der Waals surface area contributed by atoms with Gasteiger partial charge in [0.2, 0.25) is 11.8 Å². The number of aromatic nitrogens is 4. The van der Waals surface area contributed by atoms with E-state index in [4.69, 9.17) is 16.3 Å². The molecule has 27 heavy (non-hydrogen) atoms. The topological polar surface area (TPSA) is 128 Å². The largest absolute Gasteiger partial charge is 0.481 e. The van der Waals surface area contributed by atoms with E-state index in [-0.39, 0.29) is 22.0 Å². The Balaban J connectivity index is 1.90. The molecule has 2 amide bonds. The van der Waals surface area contributed by atoms with Gasteiger partial charge in [0.05, 0.1) is 7.11 Å². The number of anilines is 1. The molecule has 0 aliphatic rings. The second kappa shape index (κ2) is 7.00. The molecule has 3 aromatic rings. The highest BCUT2D eigenvalue weighted by Gasteiger charge is 2.27. The van der Waals surface area contributed by atoms with Crippen LogP contribution in [0.5, 0.6) is 5.88 Å². The Morgan fingerprint density at radius 1 is 1.22 bits per heavy atom. The van der Waals surface area contributed by atoms with Crippen molar-refractivity contribution in [3.05, 3.63) is 40.8 Å². The molecule has 0 aliphatic carbocycles. The number of imidazole rings is 1. The molecule has 3 heterocycles. The minimum Gasteiger partial charge on any atom is -0.481 e. The van der Waals surface area contributed by atoms with E-state index in [2.05, 4.69) is 20.3 Å². The number of amides is 2. The number of aryl methyl sites for hydroxylation is 2. The van der Waals surface area contributed by atoms with Gasteiger partial charge in [-0.15, -0.1) is 0 Å². The number of nitrogens with one attached hydrogen (secondary N) is 2. The van der Waals surface area contributed by atoms with Crippen LogP contribution in [0.2, 0.25) is 5.15 Å². The number of sulfonamides is 1. The predicted molar refractivity (Wildman–Crippen MR) is 97.6 cm³/mol. The third-order valence-electron chi connectivity index (χ3n) is 3.50. The highest BCUT2D eigenvalue weighted by molar-refractivity contribution is 7.90. The molecule has 0 saturated heterocycles. The zero-order valence-corrected chi connectivity index (χ0v) is 16.1. The van der Waals surface area contributed by atoms with Crippen LogP contribution in [0, 0.1) is 13.8 Å². The highest BCUT2D eigenvalue weighted by Crippen LogP contribution is 2.24. The summed E-state index contributed by atoms with van der Waals surface area (Å²) in [7, 11) is -2.91. The summed E-state index contributed by atoms with van der Waals surface area (Å²) in [6.45, 7) is 3.36. The Kier molecular flexibility index (Phi) is 4.89. The van der Waals surface area contributed by atoms with E-state index >= 15 is 0 Å². The van der Waals surface area contributed by atoms with E-state index in [9.17, 15) is 13.2 Å². The van der Waals surface area contributed by atoms with Crippen molar-refractivity contribution in [1.82, 2.24) is 24.1 Å². The van der Waals surface area contributed by atoms with E-state index < -0.39 is 16.1 Å². The van der Waals surface area contributed by atoms with Crippen molar-refractivity contribution in [3.8, 4) is 5.88 Å². The molecule has 0 radical (unpaired) electrons. The Morgan fingerprint density at radius 2 is 1.96 bits per heavy atom. The minimum atomic E-state index is -4.32. The van der Waals surface area contributed by atoms with Crippen LogP contribution in [-0.4, -0.2) is 40.9 Å². The molecule has 0 atom stereocenters. The van der Waals surface area contributed by atoms with Gasteiger partial charge in [0.15, 0.2) is 10.2 Å². The summed E-state index contributed by atoms with van der Waals surface area (Å²) in [6.07, 6.45) is 0. The number of urea groups is 1. The number of carbonyl (C=O) groups is 1. The van der Waals surface area contributed by atoms with Crippen LogP contribution in [-0.2, 0) is 10.0 Å². The van der Waals surface area contributed by atoms with E-state index in [1.165, 1.54) is 11.5 Å². The third kappa shape index (κ3) is 3.78. The van der Waals surface area contributed by atoms with Gasteiger partial charge < -0.3 is 4.74 Å². The average molecular weight is 411 g/mol. The molecule has 0 saturated carbocycles. The lowest BCUT2D eigenvalue weighted by Gasteiger charge is -2.10. The number of carbonyl (C=O) groups excluding carboxylic acids is 1. The van der Waals surface area contributed by atoms with Crippen LogP contribution in [0.3, 0.4) is 0 Å². The maximum Gasteiger partial charge on any atom is 0.335 e. The number of fused-ring (bicyclic) bond motifs is 1. The number of methoxy groups -OCH3 is 1. The maximum atomic E-state index is 12.7. The molecule has 0 aliphatic heterocycles. The molecule has 12 heteroatoms. The first-order chi connectivity index (χ1) is 12.7. The van der Waals surface area contributed by atoms with Gasteiger partial charge in [0, 0.05) is 17.5 Å². The van der Waals surface area contributed by atoms with Gasteiger partial charge in [-0.05, 0) is 26.0 Å². The number of hydrogen-bond donors (Lipinski definition) is 2. The Bertz CT molecular complexity index is 1140. The van der Waals surface area contributed by atoms with Crippen LogP contribution in [0.25, 0.3) is 5.65 Å². The van der Waals surface area contributed by atoms with Gasteiger partial charge in [0.1, 0.15) is 5.65 Å². The second-order valence-electron chi connectivity index (χ2n) is 5.50. The molecule has 3 aromatic heterocycles. The van der Waals surface area contributed by atoms with E-state index in [0.717, 1.165) is 0 Å². The van der Waals surface area contributed by atoms with Crippen molar-refractivity contribution >= 4 is 39.3 Å². The summed E-state index contributed by atoms with van der Waals surface area (Å²) in [6, 6.07) is 5.51. The lowest BCUT2D eigenvalue weighted by molar-refractivity contribution is 0.256. The van der Waals surface area contributed by atoms with Gasteiger partial charge in [-0.25, -0.2) is 19.5 Å². The number of nitrogens with zero attached hydrogens (tertiary/aromatic N) is 4. The summed E-state index contributed by atoms with van der Waals surface area (Å²) in [5.41, 5.74) is 1.45. The molecule has 142 valence electrons. The van der Waals surface area contributed by atoms with E-state index in [1.54, 1.807) is 38.1 Å². The number of halogens is 1. The van der Waals surface area contributed by atoms with Gasteiger partial charge in [-0.1, -0.05) is 17.7 Å². The summed E-state index contributed by atoms with van der Waals surface area (Å²) >= 11 is 6.00. The first-order valence-corrected chi connectivity index (χ1v) is 9.44. The highest BCUT2D eigenvalue weighted by atomic mass is 35.5. The normalized spacial score (nSPS) is 11.4. The maximum absolute atomic E-state index is 12.7. The van der Waals surface area contributed by atoms with E-state index in [1.807, 2.05) is 4.72 Å². The molecule has 0 unspecified atom stereocenters. The Hall–Kier alpha value is -2.92. The summed E-state index contributed by atoms with van der Waals surface area (Å²) in [4.78, 5) is 24.1. The van der Waals surface area contributed by atoms with Gasteiger partial charge in [-0.2, -0.15) is 13.4 Å². The van der Waals surface area contributed by atoms with Crippen LogP contribution >= 0.6 is 11.6 Å². The van der Waals surface area contributed by atoms with Crippen molar-refractivity contribution in [2.75, 3.05) is 12.4 Å². The second-order valence-corrected chi connectivity index (χ2v) is 7.46.